The van der Waals surface area contributed by atoms with Crippen molar-refractivity contribution in [2.75, 3.05) is 26.7 Å². The van der Waals surface area contributed by atoms with E-state index < -0.39 is 0 Å². The Morgan fingerprint density at radius 1 is 1.41 bits per heavy atom. The summed E-state index contributed by atoms with van der Waals surface area (Å²) in [5.41, 5.74) is 0.592. The van der Waals surface area contributed by atoms with Crippen LogP contribution in [0.15, 0.2) is 24.3 Å². The van der Waals surface area contributed by atoms with E-state index in [1.807, 2.05) is 11.9 Å². The third kappa shape index (κ3) is 4.71. The van der Waals surface area contributed by atoms with Gasteiger partial charge in [-0.15, -0.1) is 12.4 Å². The molecule has 1 amide bonds. The van der Waals surface area contributed by atoms with Gasteiger partial charge in [-0.1, -0.05) is 12.1 Å². The molecule has 0 spiro atoms. The van der Waals surface area contributed by atoms with Crippen molar-refractivity contribution in [3.05, 3.63) is 29.8 Å². The molecule has 6 heteroatoms. The van der Waals surface area contributed by atoms with Crippen molar-refractivity contribution in [1.29, 1.82) is 0 Å². The highest BCUT2D eigenvalue weighted by Gasteiger charge is 2.28. The number of likely N-dealkylation sites (N-methyl/N-ethyl adjacent to an activating group) is 1. The van der Waals surface area contributed by atoms with Crippen molar-refractivity contribution < 1.29 is 14.3 Å². The molecule has 1 saturated heterocycles. The van der Waals surface area contributed by atoms with Crippen LogP contribution in [0.25, 0.3) is 0 Å². The zero-order valence-electron chi connectivity index (χ0n) is 13.0. The minimum atomic E-state index is -0.0135. The number of nitrogens with one attached hydrogen (secondary N) is 1. The van der Waals surface area contributed by atoms with E-state index in [0.29, 0.717) is 11.3 Å². The minimum Gasteiger partial charge on any atom is -0.484 e. The van der Waals surface area contributed by atoms with Crippen molar-refractivity contribution in [3.8, 4) is 5.75 Å². The van der Waals surface area contributed by atoms with Gasteiger partial charge < -0.3 is 15.0 Å². The second-order valence-corrected chi connectivity index (χ2v) is 5.31. The predicted molar refractivity (Wildman–Crippen MR) is 87.9 cm³/mol. The largest absolute Gasteiger partial charge is 0.484 e. The van der Waals surface area contributed by atoms with Gasteiger partial charge in [0.2, 0.25) is 0 Å². The highest BCUT2D eigenvalue weighted by molar-refractivity contribution is 5.94. The lowest BCUT2D eigenvalue weighted by Gasteiger charge is -2.24. The molecule has 0 saturated carbocycles. The van der Waals surface area contributed by atoms with Crippen LogP contribution < -0.4 is 10.1 Å². The average molecular weight is 327 g/mol. The van der Waals surface area contributed by atoms with Crippen molar-refractivity contribution in [3.63, 3.8) is 0 Å². The Kier molecular flexibility index (Phi) is 7.35. The zero-order chi connectivity index (χ0) is 15.2. The van der Waals surface area contributed by atoms with Gasteiger partial charge in [0, 0.05) is 24.7 Å². The zero-order valence-corrected chi connectivity index (χ0v) is 13.8. The number of benzene rings is 1. The molecule has 0 radical (unpaired) electrons. The fourth-order valence-electron chi connectivity index (χ4n) is 2.64. The van der Waals surface area contributed by atoms with Gasteiger partial charge in [0.05, 0.1) is 0 Å². The number of hydrogen-bond donors (Lipinski definition) is 1. The molecule has 1 aliphatic heterocycles. The number of nitrogens with zero attached hydrogens (tertiary/aromatic N) is 1. The van der Waals surface area contributed by atoms with Crippen LogP contribution in [0.5, 0.6) is 5.75 Å². The normalized spacial score (nSPS) is 17.0. The fourth-order valence-corrected chi connectivity index (χ4v) is 2.64. The molecule has 1 aromatic rings. The highest BCUT2D eigenvalue weighted by atomic mass is 35.5. The summed E-state index contributed by atoms with van der Waals surface area (Å²) >= 11 is 0. The van der Waals surface area contributed by atoms with E-state index in [1.165, 1.54) is 6.92 Å². The van der Waals surface area contributed by atoms with Crippen LogP contribution in [0.4, 0.5) is 0 Å². The van der Waals surface area contributed by atoms with Crippen LogP contribution in [0.3, 0.4) is 0 Å². The van der Waals surface area contributed by atoms with Crippen LogP contribution >= 0.6 is 12.4 Å². The molecular weight excluding hydrogens is 304 g/mol. The number of Topliss-reactive ketones (excluding diaryl/α,β-unsaturated/α-hetero) is 1. The summed E-state index contributed by atoms with van der Waals surface area (Å²) in [6.07, 6.45) is 2.07. The van der Waals surface area contributed by atoms with E-state index >= 15 is 0 Å². The number of carbonyl (C=O) groups is 2. The molecule has 1 aliphatic rings. The number of ketones is 1. The van der Waals surface area contributed by atoms with Crippen LogP contribution in [-0.4, -0.2) is 49.4 Å². The number of halogens is 1. The Bertz CT molecular complexity index is 522. The van der Waals surface area contributed by atoms with E-state index in [1.54, 1.807) is 24.3 Å². The van der Waals surface area contributed by atoms with Crippen LogP contribution in [0, 0.1) is 0 Å². The molecule has 1 heterocycles. The summed E-state index contributed by atoms with van der Waals surface area (Å²) in [6, 6.07) is 7.19. The smallest absolute Gasteiger partial charge is 0.260 e. The maximum Gasteiger partial charge on any atom is 0.260 e. The maximum absolute atomic E-state index is 12.2. The molecule has 5 nitrogen and oxygen atoms in total. The van der Waals surface area contributed by atoms with Gasteiger partial charge >= 0.3 is 0 Å². The number of likely N-dealkylation sites (tertiary alicyclic amines) is 1. The summed E-state index contributed by atoms with van der Waals surface area (Å²) in [5.74, 6) is 0.543. The van der Waals surface area contributed by atoms with Crippen molar-refractivity contribution in [1.82, 2.24) is 10.2 Å². The predicted octanol–water partition coefficient (Wildman–Crippen LogP) is 1.90. The third-order valence-corrected chi connectivity index (χ3v) is 3.74. The van der Waals surface area contributed by atoms with E-state index in [4.69, 9.17) is 4.74 Å². The Hall–Kier alpha value is -1.59. The second kappa shape index (κ2) is 8.76. The second-order valence-electron chi connectivity index (χ2n) is 5.31. The first-order valence-corrected chi connectivity index (χ1v) is 7.29. The number of hydrogen-bond acceptors (Lipinski definition) is 4. The van der Waals surface area contributed by atoms with Crippen molar-refractivity contribution in [2.24, 2.45) is 0 Å². The molecule has 0 bridgehead atoms. The molecule has 22 heavy (non-hydrogen) atoms. The molecule has 1 atom stereocenters. The summed E-state index contributed by atoms with van der Waals surface area (Å²) in [6.45, 7) is 3.13. The molecule has 2 rings (SSSR count). The fraction of sp³-hybridized carbons (Fsp3) is 0.500. The highest BCUT2D eigenvalue weighted by Crippen LogP contribution is 2.18. The first-order valence-electron chi connectivity index (χ1n) is 7.29. The summed E-state index contributed by atoms with van der Waals surface area (Å²) in [5, 5.41) is 3.12. The Labute approximate surface area is 137 Å². The minimum absolute atomic E-state index is 0. The number of ether oxygens (including phenoxy) is 1. The van der Waals surface area contributed by atoms with Gasteiger partial charge in [-0.25, -0.2) is 0 Å². The number of amides is 1. The van der Waals surface area contributed by atoms with E-state index in [2.05, 4.69) is 5.32 Å². The molecular formula is C16H23ClN2O3. The first kappa shape index (κ1) is 18.5. The van der Waals surface area contributed by atoms with Crippen LogP contribution in [-0.2, 0) is 4.79 Å². The summed E-state index contributed by atoms with van der Waals surface area (Å²) in [4.78, 5) is 25.4. The van der Waals surface area contributed by atoms with Gasteiger partial charge in [-0.3, -0.25) is 9.59 Å². The molecule has 1 N–H and O–H groups in total. The molecule has 0 aromatic heterocycles. The van der Waals surface area contributed by atoms with Crippen molar-refractivity contribution in [2.45, 2.75) is 25.8 Å². The molecule has 1 fully saturated rings. The third-order valence-electron chi connectivity index (χ3n) is 3.74. The van der Waals surface area contributed by atoms with E-state index in [9.17, 15) is 9.59 Å². The SMILES string of the molecule is CNCC1CCCN1C(=O)COc1cccc(C(C)=O)c1.Cl. The van der Waals surface area contributed by atoms with Crippen molar-refractivity contribution >= 4 is 24.1 Å². The van der Waals surface area contributed by atoms with Gasteiger partial charge in [0.1, 0.15) is 5.75 Å². The lowest BCUT2D eigenvalue weighted by molar-refractivity contribution is -0.134. The Morgan fingerprint density at radius 2 is 2.18 bits per heavy atom. The molecule has 1 aromatic carbocycles. The quantitative estimate of drug-likeness (QED) is 0.811. The van der Waals surface area contributed by atoms with E-state index in [-0.39, 0.29) is 36.7 Å². The lowest BCUT2D eigenvalue weighted by atomic mass is 10.1. The maximum atomic E-state index is 12.2. The summed E-state index contributed by atoms with van der Waals surface area (Å²) in [7, 11) is 1.89. The number of carbonyl (C=O) groups excluding carboxylic acids is 2. The Balaban J connectivity index is 0.00000242. The van der Waals surface area contributed by atoms with Gasteiger partial charge in [-0.2, -0.15) is 0 Å². The van der Waals surface area contributed by atoms with Gasteiger partial charge in [0.25, 0.3) is 5.91 Å². The monoisotopic (exact) mass is 326 g/mol. The van der Waals surface area contributed by atoms with Gasteiger partial charge in [0.15, 0.2) is 12.4 Å². The molecule has 122 valence electrons. The number of rotatable bonds is 6. The first-order chi connectivity index (χ1) is 10.1. The van der Waals surface area contributed by atoms with Crippen LogP contribution in [0.2, 0.25) is 0 Å². The van der Waals surface area contributed by atoms with E-state index in [0.717, 1.165) is 25.9 Å². The van der Waals surface area contributed by atoms with Crippen LogP contribution in [0.1, 0.15) is 30.1 Å². The lowest BCUT2D eigenvalue weighted by Crippen LogP contribution is -2.43. The topological polar surface area (TPSA) is 58.6 Å². The standard InChI is InChI=1S/C16H22N2O3.ClH/c1-12(19)13-5-3-7-15(9-13)21-11-16(20)18-8-4-6-14(18)10-17-2;/h3,5,7,9,14,17H,4,6,8,10-11H2,1-2H3;1H. The molecule has 1 unspecified atom stereocenters. The van der Waals surface area contributed by atoms with Gasteiger partial charge in [-0.05, 0) is 38.9 Å². The molecule has 0 aliphatic carbocycles. The Morgan fingerprint density at radius 3 is 2.86 bits per heavy atom. The summed E-state index contributed by atoms with van der Waals surface area (Å²) < 4.78 is 5.53. The average Bonchev–Trinajstić information content (AvgIpc) is 2.94.